The van der Waals surface area contributed by atoms with Crippen molar-refractivity contribution in [2.75, 3.05) is 16.8 Å². The van der Waals surface area contributed by atoms with E-state index in [4.69, 9.17) is 0 Å². The number of hydrogen-bond acceptors (Lipinski definition) is 6. The Morgan fingerprint density at radius 2 is 2.28 bits per heavy atom. The average Bonchev–Trinajstić information content (AvgIpc) is 3.19. The molecule has 130 valence electrons. The molecule has 25 heavy (non-hydrogen) atoms. The van der Waals surface area contributed by atoms with Crippen LogP contribution in [0.2, 0.25) is 0 Å². The first-order chi connectivity index (χ1) is 12.0. The highest BCUT2D eigenvalue weighted by Crippen LogP contribution is 2.40. The SMILES string of the molecule is CCn1cc(Nc2nccc(N3CC[C@@](C#N)(C(C)C)C3=O)n2)cn1. The first-order valence-electron chi connectivity index (χ1n) is 8.36. The van der Waals surface area contributed by atoms with Gasteiger partial charge in [0.15, 0.2) is 0 Å². The third-order valence-corrected chi connectivity index (χ3v) is 4.67. The van der Waals surface area contributed by atoms with Crippen LogP contribution in [0.15, 0.2) is 24.7 Å². The van der Waals surface area contributed by atoms with Gasteiger partial charge in [-0.25, -0.2) is 4.98 Å². The molecule has 1 saturated heterocycles. The highest BCUT2D eigenvalue weighted by atomic mass is 16.2. The minimum Gasteiger partial charge on any atom is -0.321 e. The molecule has 3 heterocycles. The van der Waals surface area contributed by atoms with Gasteiger partial charge in [-0.15, -0.1) is 0 Å². The van der Waals surface area contributed by atoms with Crippen LogP contribution in [-0.4, -0.2) is 32.2 Å². The number of amides is 1. The number of anilines is 3. The molecule has 2 aromatic rings. The topological polar surface area (TPSA) is 99.7 Å². The molecule has 8 heteroatoms. The van der Waals surface area contributed by atoms with Crippen molar-refractivity contribution in [2.24, 2.45) is 11.3 Å². The maximum atomic E-state index is 12.8. The molecule has 1 atom stereocenters. The van der Waals surface area contributed by atoms with E-state index in [0.29, 0.717) is 24.7 Å². The second-order valence-corrected chi connectivity index (χ2v) is 6.39. The number of rotatable bonds is 5. The molecule has 2 aromatic heterocycles. The summed E-state index contributed by atoms with van der Waals surface area (Å²) in [6.07, 6.45) is 5.66. The van der Waals surface area contributed by atoms with Gasteiger partial charge in [0.2, 0.25) is 11.9 Å². The lowest BCUT2D eigenvalue weighted by atomic mass is 9.77. The predicted octanol–water partition coefficient (Wildman–Crippen LogP) is 2.34. The summed E-state index contributed by atoms with van der Waals surface area (Å²) < 4.78 is 1.79. The molecule has 8 nitrogen and oxygen atoms in total. The van der Waals surface area contributed by atoms with E-state index in [1.54, 1.807) is 28.0 Å². The van der Waals surface area contributed by atoms with Crippen LogP contribution in [0.25, 0.3) is 0 Å². The second kappa shape index (κ2) is 6.51. The maximum absolute atomic E-state index is 12.8. The Labute approximate surface area is 146 Å². The normalized spacial score (nSPS) is 20.1. The van der Waals surface area contributed by atoms with Gasteiger partial charge in [0, 0.05) is 25.5 Å². The van der Waals surface area contributed by atoms with Gasteiger partial charge in [-0.2, -0.15) is 15.3 Å². The van der Waals surface area contributed by atoms with E-state index in [9.17, 15) is 10.1 Å². The van der Waals surface area contributed by atoms with Gasteiger partial charge in [0.05, 0.1) is 18.0 Å². The van der Waals surface area contributed by atoms with Gasteiger partial charge in [0.1, 0.15) is 11.2 Å². The molecule has 1 N–H and O–H groups in total. The number of carbonyl (C=O) groups is 1. The summed E-state index contributed by atoms with van der Waals surface area (Å²) in [6, 6.07) is 3.92. The zero-order chi connectivity index (χ0) is 18.0. The van der Waals surface area contributed by atoms with E-state index in [-0.39, 0.29) is 11.8 Å². The molecule has 0 saturated carbocycles. The van der Waals surface area contributed by atoms with Gasteiger partial charge >= 0.3 is 0 Å². The highest BCUT2D eigenvalue weighted by Gasteiger charge is 2.50. The molecule has 0 unspecified atom stereocenters. The second-order valence-electron chi connectivity index (χ2n) is 6.39. The zero-order valence-electron chi connectivity index (χ0n) is 14.6. The number of nitriles is 1. The fourth-order valence-corrected chi connectivity index (χ4v) is 3.01. The molecular weight excluding hydrogens is 318 g/mol. The summed E-state index contributed by atoms with van der Waals surface area (Å²) in [6.45, 7) is 7.07. The summed E-state index contributed by atoms with van der Waals surface area (Å²) in [5.74, 6) is 0.658. The number of carbonyl (C=O) groups excluding carboxylic acids is 1. The highest BCUT2D eigenvalue weighted by molar-refractivity contribution is 6.01. The summed E-state index contributed by atoms with van der Waals surface area (Å²) >= 11 is 0. The molecule has 3 rings (SSSR count). The van der Waals surface area contributed by atoms with Crippen LogP contribution in [0, 0.1) is 22.7 Å². The van der Waals surface area contributed by atoms with Crippen molar-refractivity contribution >= 4 is 23.4 Å². The quantitative estimate of drug-likeness (QED) is 0.897. The third kappa shape index (κ3) is 2.93. The summed E-state index contributed by atoms with van der Waals surface area (Å²) in [5, 5.41) is 16.8. The van der Waals surface area contributed by atoms with Crippen molar-refractivity contribution < 1.29 is 4.79 Å². The Kier molecular flexibility index (Phi) is 4.40. The van der Waals surface area contributed by atoms with Gasteiger partial charge in [-0.05, 0) is 25.3 Å². The van der Waals surface area contributed by atoms with E-state index in [2.05, 4.69) is 26.5 Å². The molecule has 0 aliphatic carbocycles. The van der Waals surface area contributed by atoms with E-state index < -0.39 is 5.41 Å². The first-order valence-corrected chi connectivity index (χ1v) is 8.36. The molecule has 0 aromatic carbocycles. The third-order valence-electron chi connectivity index (χ3n) is 4.67. The van der Waals surface area contributed by atoms with Crippen molar-refractivity contribution in [3.63, 3.8) is 0 Å². The minimum absolute atomic E-state index is 0.0469. The van der Waals surface area contributed by atoms with Crippen LogP contribution in [0.3, 0.4) is 0 Å². The number of aryl methyl sites for hydroxylation is 1. The van der Waals surface area contributed by atoms with Crippen molar-refractivity contribution in [3.05, 3.63) is 24.7 Å². The van der Waals surface area contributed by atoms with Gasteiger partial charge in [-0.3, -0.25) is 14.4 Å². The van der Waals surface area contributed by atoms with Gasteiger partial charge < -0.3 is 5.32 Å². The molecule has 1 aliphatic rings. The number of hydrogen-bond donors (Lipinski definition) is 1. The van der Waals surface area contributed by atoms with E-state index >= 15 is 0 Å². The van der Waals surface area contributed by atoms with Gasteiger partial charge in [-0.1, -0.05) is 13.8 Å². The lowest BCUT2D eigenvalue weighted by Gasteiger charge is -2.24. The van der Waals surface area contributed by atoms with E-state index in [1.165, 1.54) is 0 Å². The Bertz CT molecular complexity index is 822. The molecule has 1 aliphatic heterocycles. The Morgan fingerprint density at radius 3 is 2.88 bits per heavy atom. The molecule has 0 radical (unpaired) electrons. The van der Waals surface area contributed by atoms with Crippen LogP contribution in [0.1, 0.15) is 27.2 Å². The standard InChI is InChI=1S/C17H21N7O/c1-4-23-10-13(9-20-23)21-16-19-7-5-14(22-16)24-8-6-17(11-18,12(2)3)15(24)25/h5,7,9-10,12H,4,6,8H2,1-3H3,(H,19,21,22)/t17-/m1/s1. The average molecular weight is 339 g/mol. The van der Waals surface area contributed by atoms with E-state index in [1.807, 2.05) is 27.0 Å². The lowest BCUT2D eigenvalue weighted by Crippen LogP contribution is -2.37. The van der Waals surface area contributed by atoms with Crippen molar-refractivity contribution in [1.82, 2.24) is 19.7 Å². The van der Waals surface area contributed by atoms with Crippen LogP contribution >= 0.6 is 0 Å². The fourth-order valence-electron chi connectivity index (χ4n) is 3.01. The van der Waals surface area contributed by atoms with Crippen molar-refractivity contribution in [2.45, 2.75) is 33.7 Å². The van der Waals surface area contributed by atoms with Gasteiger partial charge in [0.25, 0.3) is 0 Å². The smallest absolute Gasteiger partial charge is 0.248 e. The summed E-state index contributed by atoms with van der Waals surface area (Å²) in [4.78, 5) is 23.0. The lowest BCUT2D eigenvalue weighted by molar-refractivity contribution is -0.124. The largest absolute Gasteiger partial charge is 0.321 e. The van der Waals surface area contributed by atoms with Crippen LogP contribution in [0.5, 0.6) is 0 Å². The van der Waals surface area contributed by atoms with Crippen LogP contribution < -0.4 is 10.2 Å². The fraction of sp³-hybridized carbons (Fsp3) is 0.471. The summed E-state index contributed by atoms with van der Waals surface area (Å²) in [5.41, 5.74) is -0.193. The van der Waals surface area contributed by atoms with Crippen LogP contribution in [0.4, 0.5) is 17.5 Å². The molecule has 1 fully saturated rings. The van der Waals surface area contributed by atoms with E-state index in [0.717, 1.165) is 12.2 Å². The Balaban J connectivity index is 1.82. The first kappa shape index (κ1) is 16.9. The van der Waals surface area contributed by atoms with Crippen LogP contribution in [-0.2, 0) is 11.3 Å². The number of aromatic nitrogens is 4. The monoisotopic (exact) mass is 339 g/mol. The summed E-state index contributed by atoms with van der Waals surface area (Å²) in [7, 11) is 0. The minimum atomic E-state index is -0.971. The number of nitrogens with zero attached hydrogens (tertiary/aromatic N) is 6. The molecule has 0 spiro atoms. The molecule has 0 bridgehead atoms. The van der Waals surface area contributed by atoms with Crippen molar-refractivity contribution in [3.8, 4) is 6.07 Å². The van der Waals surface area contributed by atoms with Crippen molar-refractivity contribution in [1.29, 1.82) is 5.26 Å². The number of nitrogens with one attached hydrogen (secondary N) is 1. The molecular formula is C17H21N7O. The predicted molar refractivity (Wildman–Crippen MR) is 93.1 cm³/mol. The molecule has 1 amide bonds. The maximum Gasteiger partial charge on any atom is 0.248 e. The Morgan fingerprint density at radius 1 is 1.48 bits per heavy atom. The zero-order valence-corrected chi connectivity index (χ0v) is 14.6. The Hall–Kier alpha value is -2.95.